The van der Waals surface area contributed by atoms with Gasteiger partial charge in [0.25, 0.3) is 0 Å². The average Bonchev–Trinajstić information content (AvgIpc) is 3.74. The molecular formula is C63H42N4. The van der Waals surface area contributed by atoms with Crippen molar-refractivity contribution in [3.05, 3.63) is 255 Å². The molecule has 0 atom stereocenters. The molecule has 4 nitrogen and oxygen atoms in total. The van der Waals surface area contributed by atoms with Crippen LogP contribution in [-0.2, 0) is 0 Å². The summed E-state index contributed by atoms with van der Waals surface area (Å²) in [5.74, 6) is 1.81. The van der Waals surface area contributed by atoms with Crippen molar-refractivity contribution in [1.29, 1.82) is 0 Å². The lowest BCUT2D eigenvalue weighted by Crippen LogP contribution is -2.04. The summed E-state index contributed by atoms with van der Waals surface area (Å²) in [7, 11) is 0. The van der Waals surface area contributed by atoms with Gasteiger partial charge >= 0.3 is 0 Å². The van der Waals surface area contributed by atoms with Gasteiger partial charge in [-0.2, -0.15) is 0 Å². The smallest absolute Gasteiger partial charge is 0.166 e. The number of nitrogens with zero attached hydrogens (tertiary/aromatic N) is 4. The second-order valence-corrected chi connectivity index (χ2v) is 16.8. The number of fused-ring (bicyclic) bond motifs is 3. The van der Waals surface area contributed by atoms with E-state index in [2.05, 4.69) is 223 Å². The van der Waals surface area contributed by atoms with E-state index in [1.807, 2.05) is 36.4 Å². The van der Waals surface area contributed by atoms with E-state index in [4.69, 9.17) is 15.0 Å². The van der Waals surface area contributed by atoms with E-state index < -0.39 is 0 Å². The first-order valence-corrected chi connectivity index (χ1v) is 22.7. The Morgan fingerprint density at radius 2 is 0.567 bits per heavy atom. The van der Waals surface area contributed by atoms with Gasteiger partial charge in [0.15, 0.2) is 17.5 Å². The molecule has 0 aliphatic rings. The normalized spacial score (nSPS) is 11.3. The van der Waals surface area contributed by atoms with E-state index in [1.54, 1.807) is 0 Å². The molecule has 67 heavy (non-hydrogen) atoms. The molecule has 2 aromatic heterocycles. The Morgan fingerprint density at radius 3 is 1.03 bits per heavy atom. The maximum Gasteiger partial charge on any atom is 0.166 e. The molecule has 12 rings (SSSR count). The lowest BCUT2D eigenvalue weighted by Gasteiger charge is -2.17. The molecule has 4 heteroatoms. The predicted octanol–water partition coefficient (Wildman–Crippen LogP) is 16.3. The number of rotatable bonds is 9. The molecular weight excluding hydrogens is 813 g/mol. The Kier molecular flexibility index (Phi) is 10.2. The van der Waals surface area contributed by atoms with Crippen LogP contribution in [0.3, 0.4) is 0 Å². The van der Waals surface area contributed by atoms with E-state index >= 15 is 0 Å². The minimum absolute atomic E-state index is 0.588. The fraction of sp³-hybridized carbons (Fsp3) is 0. The molecule has 10 aromatic carbocycles. The molecule has 0 fully saturated rings. The summed E-state index contributed by atoms with van der Waals surface area (Å²) in [4.78, 5) is 15.8. The van der Waals surface area contributed by atoms with Crippen LogP contribution in [0, 0.1) is 0 Å². The van der Waals surface area contributed by atoms with Crippen LogP contribution in [-0.4, -0.2) is 19.5 Å². The topological polar surface area (TPSA) is 43.6 Å². The zero-order valence-electron chi connectivity index (χ0n) is 36.5. The van der Waals surface area contributed by atoms with Gasteiger partial charge in [-0.1, -0.05) is 212 Å². The third kappa shape index (κ3) is 7.57. The van der Waals surface area contributed by atoms with Gasteiger partial charge < -0.3 is 4.57 Å². The van der Waals surface area contributed by atoms with Gasteiger partial charge in [-0.15, -0.1) is 0 Å². The van der Waals surface area contributed by atoms with Gasteiger partial charge in [0.1, 0.15) is 0 Å². The Morgan fingerprint density at radius 1 is 0.224 bits per heavy atom. The number of aromatic nitrogens is 4. The first kappa shape index (κ1) is 39.6. The molecule has 314 valence electrons. The molecule has 0 unspecified atom stereocenters. The van der Waals surface area contributed by atoms with Crippen molar-refractivity contribution >= 4 is 21.8 Å². The maximum absolute atomic E-state index is 5.36. The molecule has 12 aromatic rings. The highest BCUT2D eigenvalue weighted by atomic mass is 15.1. The lowest BCUT2D eigenvalue weighted by atomic mass is 9.90. The third-order valence-electron chi connectivity index (χ3n) is 12.7. The van der Waals surface area contributed by atoms with Crippen LogP contribution in [0.1, 0.15) is 0 Å². The molecule has 0 saturated carbocycles. The SMILES string of the molecule is c1ccc(-c2ccc3c(c2)c2cc(-c4ccccc4)ccc2n3-c2ccc(-c3ccc(-c4ccccc4)c(-c4ccccc4)c3)cc2-c2nc(-c3ccccc3)nc(-c3ccccc3)n2)cc1. The van der Waals surface area contributed by atoms with E-state index in [0.29, 0.717) is 17.5 Å². The van der Waals surface area contributed by atoms with Crippen molar-refractivity contribution in [2.24, 2.45) is 0 Å². The van der Waals surface area contributed by atoms with E-state index in [9.17, 15) is 0 Å². The number of benzene rings is 10. The first-order valence-electron chi connectivity index (χ1n) is 22.7. The fourth-order valence-corrected chi connectivity index (χ4v) is 9.37. The molecule has 0 aliphatic carbocycles. The summed E-state index contributed by atoms with van der Waals surface area (Å²) in [6.07, 6.45) is 0. The standard InChI is InChI=1S/C63H42N4/c1-7-19-43(20-8-1)49-32-36-58-55(40-49)56-41-50(44-21-9-2-10-22-44)33-37-59(56)67(58)60-38-34-52(51-31-35-53(45-23-11-3-12-24-45)54(39-51)46-25-13-4-14-26-46)42-57(60)63-65-61(47-27-15-5-16-28-47)64-62(66-63)48-29-17-6-18-30-48/h1-42H. The zero-order chi connectivity index (χ0) is 44.5. The molecule has 0 bridgehead atoms. The Balaban J connectivity index is 1.14. The van der Waals surface area contributed by atoms with E-state index in [1.165, 1.54) is 49.7 Å². The van der Waals surface area contributed by atoms with Crippen LogP contribution >= 0.6 is 0 Å². The highest BCUT2D eigenvalue weighted by Gasteiger charge is 2.22. The minimum Gasteiger partial charge on any atom is -0.308 e. The minimum atomic E-state index is 0.588. The highest BCUT2D eigenvalue weighted by Crippen LogP contribution is 2.42. The van der Waals surface area contributed by atoms with Gasteiger partial charge in [0.2, 0.25) is 0 Å². The molecule has 2 heterocycles. The third-order valence-corrected chi connectivity index (χ3v) is 12.7. The number of hydrogen-bond acceptors (Lipinski definition) is 3. The van der Waals surface area contributed by atoms with Crippen molar-refractivity contribution in [2.75, 3.05) is 0 Å². The van der Waals surface area contributed by atoms with E-state index in [0.717, 1.165) is 50.1 Å². The highest BCUT2D eigenvalue weighted by molar-refractivity contribution is 6.12. The molecule has 0 aliphatic heterocycles. The maximum atomic E-state index is 5.36. The van der Waals surface area contributed by atoms with Gasteiger partial charge in [0.05, 0.1) is 16.7 Å². The Bertz CT molecular complexity index is 3550. The van der Waals surface area contributed by atoms with Gasteiger partial charge in [-0.25, -0.2) is 15.0 Å². The van der Waals surface area contributed by atoms with Gasteiger partial charge in [0, 0.05) is 27.5 Å². The van der Waals surface area contributed by atoms with E-state index in [-0.39, 0.29) is 0 Å². The van der Waals surface area contributed by atoms with Gasteiger partial charge in [-0.05, 0) is 98.1 Å². The van der Waals surface area contributed by atoms with Gasteiger partial charge in [-0.3, -0.25) is 0 Å². The Labute approximate surface area is 389 Å². The molecule has 0 spiro atoms. The molecule has 0 saturated heterocycles. The largest absolute Gasteiger partial charge is 0.308 e. The quantitative estimate of drug-likeness (QED) is 0.145. The second-order valence-electron chi connectivity index (χ2n) is 16.8. The molecule has 0 N–H and O–H groups in total. The summed E-state index contributed by atoms with van der Waals surface area (Å²) >= 11 is 0. The van der Waals surface area contributed by atoms with Crippen LogP contribution in [0.2, 0.25) is 0 Å². The van der Waals surface area contributed by atoms with Crippen molar-refractivity contribution in [2.45, 2.75) is 0 Å². The van der Waals surface area contributed by atoms with Crippen LogP contribution in [0.25, 0.3) is 117 Å². The van der Waals surface area contributed by atoms with Crippen LogP contribution in [0.15, 0.2) is 255 Å². The average molecular weight is 855 g/mol. The van der Waals surface area contributed by atoms with Crippen molar-refractivity contribution in [3.8, 4) is 95.5 Å². The summed E-state index contributed by atoms with van der Waals surface area (Å²) in [6.45, 7) is 0. The lowest BCUT2D eigenvalue weighted by molar-refractivity contribution is 1.06. The summed E-state index contributed by atoms with van der Waals surface area (Å²) < 4.78 is 2.40. The molecule has 0 radical (unpaired) electrons. The zero-order valence-corrected chi connectivity index (χ0v) is 36.5. The Hall–Kier alpha value is -8.99. The fourth-order valence-electron chi connectivity index (χ4n) is 9.37. The summed E-state index contributed by atoms with van der Waals surface area (Å²) in [5, 5.41) is 2.33. The number of hydrogen-bond donors (Lipinski definition) is 0. The first-order chi connectivity index (χ1) is 33.2. The molecule has 0 amide bonds. The summed E-state index contributed by atoms with van der Waals surface area (Å²) in [6, 6.07) is 90.3. The predicted molar refractivity (Wildman–Crippen MR) is 278 cm³/mol. The van der Waals surface area contributed by atoms with Crippen molar-refractivity contribution in [1.82, 2.24) is 19.5 Å². The summed E-state index contributed by atoms with van der Waals surface area (Å²) in [5.41, 5.74) is 17.4. The van der Waals surface area contributed by atoms with Crippen LogP contribution in [0.5, 0.6) is 0 Å². The monoisotopic (exact) mass is 854 g/mol. The van der Waals surface area contributed by atoms with Crippen LogP contribution < -0.4 is 0 Å². The van der Waals surface area contributed by atoms with Crippen molar-refractivity contribution < 1.29 is 0 Å². The van der Waals surface area contributed by atoms with Crippen molar-refractivity contribution in [3.63, 3.8) is 0 Å². The van der Waals surface area contributed by atoms with Crippen LogP contribution in [0.4, 0.5) is 0 Å². The second kappa shape index (κ2) is 17.2.